The molecule has 7 heteroatoms. The number of rotatable bonds is 6. The molecule has 1 saturated carbocycles. The second-order valence-electron chi connectivity index (χ2n) is 5.36. The largest absolute Gasteiger partial charge is 0.476 e. The molecule has 1 aromatic heterocycles. The van der Waals surface area contributed by atoms with Crippen LogP contribution in [0.4, 0.5) is 5.13 Å². The molecule has 21 heavy (non-hydrogen) atoms. The second kappa shape index (κ2) is 6.79. The first-order valence-electron chi connectivity index (χ1n) is 7.01. The zero-order valence-electron chi connectivity index (χ0n) is 12.3. The van der Waals surface area contributed by atoms with E-state index >= 15 is 0 Å². The maximum atomic E-state index is 11.5. The molecule has 116 valence electrons. The Morgan fingerprint density at radius 3 is 2.52 bits per heavy atom. The van der Waals surface area contributed by atoms with Gasteiger partial charge in [-0.05, 0) is 19.1 Å². The molecule has 0 spiro atoms. The summed E-state index contributed by atoms with van der Waals surface area (Å²) in [5.41, 5.74) is -0.142. The summed E-state index contributed by atoms with van der Waals surface area (Å²) in [6.07, 6.45) is 8.21. The minimum Gasteiger partial charge on any atom is -0.476 e. The molecule has 0 amide bonds. The Morgan fingerprint density at radius 1 is 1.38 bits per heavy atom. The number of carbonyl (C=O) groups excluding carboxylic acids is 1. The van der Waals surface area contributed by atoms with Crippen molar-refractivity contribution < 1.29 is 14.7 Å². The number of hydrogen-bond donors (Lipinski definition) is 2. The lowest BCUT2D eigenvalue weighted by molar-refractivity contribution is 0.0687. The van der Waals surface area contributed by atoms with Crippen molar-refractivity contribution in [2.45, 2.75) is 43.8 Å². The molecule has 0 saturated heterocycles. The highest BCUT2D eigenvalue weighted by molar-refractivity contribution is 8.00. The zero-order valence-corrected chi connectivity index (χ0v) is 13.9. The van der Waals surface area contributed by atoms with E-state index in [2.05, 4.69) is 16.6 Å². The van der Waals surface area contributed by atoms with Crippen molar-refractivity contribution in [2.24, 2.45) is 0 Å². The van der Waals surface area contributed by atoms with Crippen molar-refractivity contribution in [2.75, 3.05) is 18.1 Å². The average molecular weight is 328 g/mol. The first-order chi connectivity index (χ1) is 9.97. The molecule has 1 aliphatic carbocycles. The van der Waals surface area contributed by atoms with E-state index in [0.717, 1.165) is 30.7 Å². The van der Waals surface area contributed by atoms with Crippen LogP contribution in [0.1, 0.15) is 59.2 Å². The van der Waals surface area contributed by atoms with Crippen LogP contribution in [-0.4, -0.2) is 39.4 Å². The van der Waals surface area contributed by atoms with Gasteiger partial charge in [0.2, 0.25) is 0 Å². The zero-order chi connectivity index (χ0) is 15.5. The number of aromatic carboxylic acids is 1. The predicted molar refractivity (Wildman–Crippen MR) is 86.9 cm³/mol. The lowest BCUT2D eigenvalue weighted by Gasteiger charge is -2.35. The Balaban J connectivity index is 2.11. The Labute approximate surface area is 132 Å². The van der Waals surface area contributed by atoms with Crippen molar-refractivity contribution in [3.8, 4) is 0 Å². The number of nitrogens with zero attached hydrogens (tertiary/aromatic N) is 1. The van der Waals surface area contributed by atoms with E-state index in [1.165, 1.54) is 26.2 Å². The molecule has 1 heterocycles. The van der Waals surface area contributed by atoms with Crippen LogP contribution >= 0.6 is 23.1 Å². The van der Waals surface area contributed by atoms with Crippen LogP contribution in [0.3, 0.4) is 0 Å². The Bertz CT molecular complexity index is 505. The van der Waals surface area contributed by atoms with Crippen molar-refractivity contribution >= 4 is 40.0 Å². The molecule has 1 fully saturated rings. The lowest BCUT2D eigenvalue weighted by Crippen LogP contribution is -2.35. The van der Waals surface area contributed by atoms with Crippen LogP contribution in [0.2, 0.25) is 0 Å². The highest BCUT2D eigenvalue weighted by Crippen LogP contribution is 2.39. The van der Waals surface area contributed by atoms with Gasteiger partial charge in [0.1, 0.15) is 4.88 Å². The highest BCUT2D eigenvalue weighted by Gasteiger charge is 2.31. The number of hydrogen-bond acceptors (Lipinski definition) is 6. The Hall–Kier alpha value is -1.08. The van der Waals surface area contributed by atoms with Crippen LogP contribution in [0.25, 0.3) is 0 Å². The van der Waals surface area contributed by atoms with Crippen LogP contribution in [0.15, 0.2) is 0 Å². The number of carboxylic acids is 1. The first kappa shape index (κ1) is 16.3. The number of nitrogens with one attached hydrogen (secondary N) is 1. The van der Waals surface area contributed by atoms with Crippen molar-refractivity contribution in [3.05, 3.63) is 10.6 Å². The number of ketones is 1. The summed E-state index contributed by atoms with van der Waals surface area (Å²) in [5.74, 6) is -1.41. The van der Waals surface area contributed by atoms with E-state index < -0.39 is 5.97 Å². The van der Waals surface area contributed by atoms with Gasteiger partial charge in [0, 0.05) is 18.2 Å². The van der Waals surface area contributed by atoms with E-state index in [4.69, 9.17) is 5.11 Å². The first-order valence-corrected chi connectivity index (χ1v) is 9.06. The standard InChI is InChI=1S/C14H20N2O3S2/c1-9(17)11-10(12(18)19)16-13(21-11)15-8-14(20-2)6-4-3-5-7-14/h3-8H2,1-2H3,(H,15,16)(H,18,19). The lowest BCUT2D eigenvalue weighted by atomic mass is 9.88. The summed E-state index contributed by atoms with van der Waals surface area (Å²) in [6.45, 7) is 2.13. The normalized spacial score (nSPS) is 17.4. The molecule has 2 N–H and O–H groups in total. The maximum Gasteiger partial charge on any atom is 0.356 e. The summed E-state index contributed by atoms with van der Waals surface area (Å²) < 4.78 is 0.198. The fourth-order valence-electron chi connectivity index (χ4n) is 2.67. The third-order valence-corrected chi connectivity index (χ3v) is 6.44. The van der Waals surface area contributed by atoms with Crippen molar-refractivity contribution in [3.63, 3.8) is 0 Å². The van der Waals surface area contributed by atoms with E-state index in [0.29, 0.717) is 5.13 Å². The quantitative estimate of drug-likeness (QED) is 0.778. The summed E-state index contributed by atoms with van der Waals surface area (Å²) >= 11 is 3.00. The van der Waals surface area contributed by atoms with E-state index in [-0.39, 0.29) is 21.1 Å². The monoisotopic (exact) mass is 328 g/mol. The van der Waals surface area contributed by atoms with Crippen LogP contribution in [0, 0.1) is 0 Å². The smallest absolute Gasteiger partial charge is 0.356 e. The van der Waals surface area contributed by atoms with Gasteiger partial charge in [-0.1, -0.05) is 30.6 Å². The number of aromatic nitrogens is 1. The predicted octanol–water partition coefficient (Wildman–Crippen LogP) is 3.52. The second-order valence-corrected chi connectivity index (χ2v) is 7.63. The molecular formula is C14H20N2O3S2. The number of carboxylic acid groups (broad SMARTS) is 1. The fraction of sp³-hybridized carbons (Fsp3) is 0.643. The van der Waals surface area contributed by atoms with Gasteiger partial charge in [-0.3, -0.25) is 4.79 Å². The average Bonchev–Trinajstić information content (AvgIpc) is 2.91. The molecule has 1 aliphatic rings. The molecule has 0 aliphatic heterocycles. The van der Waals surface area contributed by atoms with Crippen LogP contribution in [-0.2, 0) is 0 Å². The highest BCUT2D eigenvalue weighted by atomic mass is 32.2. The van der Waals surface area contributed by atoms with Gasteiger partial charge in [-0.25, -0.2) is 9.78 Å². The minimum absolute atomic E-state index is 0.142. The molecule has 0 aromatic carbocycles. The topological polar surface area (TPSA) is 79.3 Å². The number of anilines is 1. The number of thioether (sulfide) groups is 1. The molecule has 0 unspecified atom stereocenters. The van der Waals surface area contributed by atoms with Gasteiger partial charge >= 0.3 is 5.97 Å². The molecule has 0 atom stereocenters. The van der Waals surface area contributed by atoms with Crippen molar-refractivity contribution in [1.82, 2.24) is 4.98 Å². The SMILES string of the molecule is CSC1(CNc2nc(C(=O)O)c(C(C)=O)s2)CCCCC1. The van der Waals surface area contributed by atoms with Crippen molar-refractivity contribution in [1.29, 1.82) is 0 Å². The third kappa shape index (κ3) is 3.77. The maximum absolute atomic E-state index is 11.5. The van der Waals surface area contributed by atoms with Gasteiger partial charge in [-0.15, -0.1) is 0 Å². The summed E-state index contributed by atoms with van der Waals surface area (Å²) in [6, 6.07) is 0. The van der Waals surface area contributed by atoms with E-state index in [1.807, 2.05) is 11.8 Å². The Morgan fingerprint density at radius 2 is 2.05 bits per heavy atom. The molecule has 1 aromatic rings. The minimum atomic E-state index is -1.15. The van der Waals surface area contributed by atoms with Crippen LogP contribution < -0.4 is 5.32 Å². The van der Waals surface area contributed by atoms with Crippen LogP contribution in [0.5, 0.6) is 0 Å². The summed E-state index contributed by atoms with van der Waals surface area (Å²) in [5, 5.41) is 12.9. The summed E-state index contributed by atoms with van der Waals surface area (Å²) in [4.78, 5) is 26.9. The van der Waals surface area contributed by atoms with Gasteiger partial charge in [0.25, 0.3) is 0 Å². The molecule has 2 rings (SSSR count). The third-order valence-electron chi connectivity index (χ3n) is 3.91. The van der Waals surface area contributed by atoms with Gasteiger partial charge < -0.3 is 10.4 Å². The van der Waals surface area contributed by atoms with E-state index in [9.17, 15) is 9.59 Å². The number of Topliss-reactive ketones (excluding diaryl/α,β-unsaturated/α-hetero) is 1. The van der Waals surface area contributed by atoms with E-state index in [1.54, 1.807) is 0 Å². The Kier molecular flexibility index (Phi) is 5.27. The molecular weight excluding hydrogens is 308 g/mol. The number of thiazole rings is 1. The van der Waals surface area contributed by atoms with Gasteiger partial charge in [0.05, 0.1) is 0 Å². The molecule has 5 nitrogen and oxygen atoms in total. The fourth-order valence-corrected chi connectivity index (χ4v) is 4.43. The molecule has 0 bridgehead atoms. The summed E-state index contributed by atoms with van der Waals surface area (Å²) in [7, 11) is 0. The van der Waals surface area contributed by atoms with Gasteiger partial charge in [-0.2, -0.15) is 11.8 Å². The number of carbonyl (C=O) groups is 2. The van der Waals surface area contributed by atoms with Gasteiger partial charge in [0.15, 0.2) is 16.6 Å². The molecule has 0 radical (unpaired) electrons.